The van der Waals surface area contributed by atoms with Crippen LogP contribution < -0.4 is 4.74 Å². The number of nitrogens with one attached hydrogen (secondary N) is 1. The number of ether oxygens (including phenoxy) is 1. The normalized spacial score (nSPS) is 20.3. The van der Waals surface area contributed by atoms with E-state index in [-0.39, 0.29) is 18.6 Å². The molecule has 1 aliphatic rings. The van der Waals surface area contributed by atoms with Crippen molar-refractivity contribution in [3.63, 3.8) is 0 Å². The van der Waals surface area contributed by atoms with Crippen LogP contribution in [0.15, 0.2) is 54.7 Å². The van der Waals surface area contributed by atoms with Crippen LogP contribution in [0.5, 0.6) is 5.75 Å². The van der Waals surface area contributed by atoms with E-state index in [4.69, 9.17) is 16.3 Å². The summed E-state index contributed by atoms with van der Waals surface area (Å²) < 4.78 is 5.85. The average molecular weight is 371 g/mol. The minimum absolute atomic E-state index is 0.0721. The van der Waals surface area contributed by atoms with Crippen molar-refractivity contribution < 1.29 is 14.6 Å². The van der Waals surface area contributed by atoms with Crippen LogP contribution in [0.4, 0.5) is 0 Å². The van der Waals surface area contributed by atoms with Gasteiger partial charge in [0.2, 0.25) is 0 Å². The maximum Gasteiger partial charge on any atom is 0.253 e. The van der Waals surface area contributed by atoms with Crippen LogP contribution in [-0.4, -0.2) is 46.2 Å². The lowest BCUT2D eigenvalue weighted by molar-refractivity contribution is -0.0198. The molecular formula is C20H19ClN2O3. The first-order valence-electron chi connectivity index (χ1n) is 8.57. The van der Waals surface area contributed by atoms with Crippen molar-refractivity contribution in [2.24, 2.45) is 0 Å². The van der Waals surface area contributed by atoms with E-state index in [0.717, 1.165) is 10.9 Å². The zero-order valence-corrected chi connectivity index (χ0v) is 14.8. The molecule has 134 valence electrons. The Morgan fingerprint density at radius 2 is 2.00 bits per heavy atom. The molecule has 1 aliphatic heterocycles. The first kappa shape index (κ1) is 16.9. The van der Waals surface area contributed by atoms with Crippen LogP contribution in [0.1, 0.15) is 16.8 Å². The number of halogens is 1. The molecule has 1 fully saturated rings. The van der Waals surface area contributed by atoms with Crippen molar-refractivity contribution in [3.05, 3.63) is 65.3 Å². The molecule has 0 unspecified atom stereocenters. The Hall–Kier alpha value is -2.50. The summed E-state index contributed by atoms with van der Waals surface area (Å²) in [6.45, 7) is 0.793. The predicted octanol–water partition coefficient (Wildman–Crippen LogP) is 3.48. The molecule has 1 saturated heterocycles. The highest BCUT2D eigenvalue weighted by molar-refractivity contribution is 6.30. The minimum Gasteiger partial charge on any atom is -0.488 e. The van der Waals surface area contributed by atoms with Crippen molar-refractivity contribution in [1.29, 1.82) is 0 Å². The topological polar surface area (TPSA) is 65.6 Å². The summed E-state index contributed by atoms with van der Waals surface area (Å²) in [6, 6.07) is 14.6. The molecule has 3 aromatic rings. The van der Waals surface area contributed by atoms with Crippen molar-refractivity contribution in [2.75, 3.05) is 13.1 Å². The Labute approximate surface area is 156 Å². The molecule has 6 heteroatoms. The van der Waals surface area contributed by atoms with Crippen molar-refractivity contribution in [3.8, 4) is 5.75 Å². The monoisotopic (exact) mass is 370 g/mol. The maximum atomic E-state index is 12.8. The summed E-state index contributed by atoms with van der Waals surface area (Å²) in [7, 11) is 0. The van der Waals surface area contributed by atoms with E-state index in [2.05, 4.69) is 4.98 Å². The second-order valence-electron chi connectivity index (χ2n) is 6.50. The highest BCUT2D eigenvalue weighted by Crippen LogP contribution is 2.23. The van der Waals surface area contributed by atoms with E-state index in [9.17, 15) is 9.90 Å². The lowest BCUT2D eigenvalue weighted by atomic mass is 10.0. The number of piperidine rings is 1. The molecule has 2 aromatic carbocycles. The first-order valence-corrected chi connectivity index (χ1v) is 8.95. The summed E-state index contributed by atoms with van der Waals surface area (Å²) in [5.41, 5.74) is 1.62. The Kier molecular flexibility index (Phi) is 4.57. The number of carbonyl (C=O) groups excluding carboxylic acids is 1. The van der Waals surface area contributed by atoms with Gasteiger partial charge in [0.15, 0.2) is 0 Å². The van der Waals surface area contributed by atoms with E-state index in [1.165, 1.54) is 0 Å². The summed E-state index contributed by atoms with van der Waals surface area (Å²) in [5, 5.41) is 12.1. The Morgan fingerprint density at radius 3 is 2.77 bits per heavy atom. The Bertz CT molecular complexity index is 922. The van der Waals surface area contributed by atoms with Gasteiger partial charge < -0.3 is 19.7 Å². The van der Waals surface area contributed by atoms with Crippen LogP contribution >= 0.6 is 11.6 Å². The molecule has 1 aromatic heterocycles. The molecular weight excluding hydrogens is 352 g/mol. The molecule has 0 spiro atoms. The smallest absolute Gasteiger partial charge is 0.253 e. The van der Waals surface area contributed by atoms with Gasteiger partial charge in [-0.05, 0) is 48.5 Å². The number of nitrogens with zero attached hydrogens (tertiary/aromatic N) is 1. The number of carbonyl (C=O) groups is 1. The molecule has 2 heterocycles. The molecule has 2 atom stereocenters. The number of aliphatic hydroxyl groups is 1. The van der Waals surface area contributed by atoms with Gasteiger partial charge in [-0.25, -0.2) is 0 Å². The van der Waals surface area contributed by atoms with Gasteiger partial charge in [-0.1, -0.05) is 11.6 Å². The van der Waals surface area contributed by atoms with Gasteiger partial charge in [0.25, 0.3) is 5.91 Å². The van der Waals surface area contributed by atoms with E-state index < -0.39 is 6.10 Å². The fraction of sp³-hybridized carbons (Fsp3) is 0.250. The van der Waals surface area contributed by atoms with Gasteiger partial charge in [-0.3, -0.25) is 4.79 Å². The van der Waals surface area contributed by atoms with Gasteiger partial charge in [0, 0.05) is 40.7 Å². The number of hydrogen-bond donors (Lipinski definition) is 2. The summed E-state index contributed by atoms with van der Waals surface area (Å²) in [5.74, 6) is 0.591. The van der Waals surface area contributed by atoms with Crippen LogP contribution in [-0.2, 0) is 0 Å². The number of H-pyrrole nitrogens is 1. The van der Waals surface area contributed by atoms with Gasteiger partial charge in [0.1, 0.15) is 18.0 Å². The number of aromatic amines is 1. The third-order valence-corrected chi connectivity index (χ3v) is 4.96. The summed E-state index contributed by atoms with van der Waals surface area (Å²) >= 11 is 5.87. The van der Waals surface area contributed by atoms with Crippen molar-refractivity contribution >= 4 is 28.4 Å². The fourth-order valence-electron chi connectivity index (χ4n) is 3.29. The largest absolute Gasteiger partial charge is 0.488 e. The first-order chi connectivity index (χ1) is 12.6. The number of benzene rings is 2. The van der Waals surface area contributed by atoms with Gasteiger partial charge >= 0.3 is 0 Å². The number of β-amino-alcohol motifs (C(OH)–C–C–N with tert-alkyl or cyclic N) is 1. The number of aliphatic hydroxyl groups excluding tert-OH is 1. The number of likely N-dealkylation sites (tertiary alicyclic amines) is 1. The standard InChI is InChI=1S/C20H19ClN2O3/c21-15-2-4-16(5-3-15)26-19-8-10-23(12-18(19)24)20(25)14-1-6-17-13(11-14)7-9-22-17/h1-7,9,11,18-19,22,24H,8,10,12H2/t18-,19-/m1/s1. The quantitative estimate of drug-likeness (QED) is 0.741. The number of fused-ring (bicyclic) bond motifs is 1. The minimum atomic E-state index is -0.737. The molecule has 2 N–H and O–H groups in total. The van der Waals surface area contributed by atoms with E-state index in [1.54, 1.807) is 29.2 Å². The molecule has 1 amide bonds. The van der Waals surface area contributed by atoms with Gasteiger partial charge in [0.05, 0.1) is 6.54 Å². The lowest BCUT2D eigenvalue weighted by Gasteiger charge is -2.36. The molecule has 0 saturated carbocycles. The van der Waals surface area contributed by atoms with Gasteiger partial charge in [-0.15, -0.1) is 0 Å². The number of amides is 1. The Morgan fingerprint density at radius 1 is 1.19 bits per heavy atom. The van der Waals surface area contributed by atoms with Crippen molar-refractivity contribution in [1.82, 2.24) is 9.88 Å². The maximum absolute atomic E-state index is 12.8. The zero-order chi connectivity index (χ0) is 18.1. The third kappa shape index (κ3) is 3.41. The highest BCUT2D eigenvalue weighted by atomic mass is 35.5. The van der Waals surface area contributed by atoms with Crippen LogP contribution in [0.2, 0.25) is 5.02 Å². The molecule has 26 heavy (non-hydrogen) atoms. The zero-order valence-electron chi connectivity index (χ0n) is 14.1. The molecule has 5 nitrogen and oxygen atoms in total. The second kappa shape index (κ2) is 7.02. The molecule has 0 aliphatic carbocycles. The fourth-order valence-corrected chi connectivity index (χ4v) is 3.41. The number of aromatic nitrogens is 1. The summed E-state index contributed by atoms with van der Waals surface area (Å²) in [6.07, 6.45) is 1.34. The summed E-state index contributed by atoms with van der Waals surface area (Å²) in [4.78, 5) is 17.6. The lowest BCUT2D eigenvalue weighted by Crippen LogP contribution is -2.51. The predicted molar refractivity (Wildman–Crippen MR) is 101 cm³/mol. The van der Waals surface area contributed by atoms with Crippen LogP contribution in [0.3, 0.4) is 0 Å². The van der Waals surface area contributed by atoms with Gasteiger partial charge in [-0.2, -0.15) is 0 Å². The highest BCUT2D eigenvalue weighted by Gasteiger charge is 2.32. The SMILES string of the molecule is O=C(c1ccc2[nH]ccc2c1)N1CC[C@@H](Oc2ccc(Cl)cc2)[C@H](O)C1. The second-order valence-corrected chi connectivity index (χ2v) is 6.93. The van der Waals surface area contributed by atoms with E-state index >= 15 is 0 Å². The van der Waals surface area contributed by atoms with E-state index in [1.807, 2.05) is 30.5 Å². The molecule has 0 radical (unpaired) electrons. The van der Waals surface area contributed by atoms with Crippen LogP contribution in [0, 0.1) is 0 Å². The van der Waals surface area contributed by atoms with Crippen LogP contribution in [0.25, 0.3) is 10.9 Å². The molecule has 0 bridgehead atoms. The van der Waals surface area contributed by atoms with Crippen molar-refractivity contribution in [2.45, 2.75) is 18.6 Å². The number of hydrogen-bond acceptors (Lipinski definition) is 3. The average Bonchev–Trinajstić information content (AvgIpc) is 3.12. The van der Waals surface area contributed by atoms with E-state index in [0.29, 0.717) is 29.3 Å². The number of rotatable bonds is 3. The third-order valence-electron chi connectivity index (χ3n) is 4.71. The Balaban J connectivity index is 1.42. The molecule has 4 rings (SSSR count).